The zero-order valence-electron chi connectivity index (χ0n) is 10.4. The number of likely N-dealkylation sites (tertiary alicyclic amines) is 1. The van der Waals surface area contributed by atoms with Crippen molar-refractivity contribution in [3.63, 3.8) is 0 Å². The fourth-order valence-electron chi connectivity index (χ4n) is 2.58. The van der Waals surface area contributed by atoms with Crippen molar-refractivity contribution in [3.8, 4) is 0 Å². The highest BCUT2D eigenvalue weighted by Crippen LogP contribution is 2.49. The number of ketones is 1. The molecule has 1 aliphatic carbocycles. The number of rotatable bonds is 0. The normalized spacial score (nSPS) is 33.4. The first-order chi connectivity index (χ1) is 7.21. The number of carbonyl (C=O) groups excluding carboxylic acids is 2. The summed E-state index contributed by atoms with van der Waals surface area (Å²) in [5.41, 5.74) is -0.461. The van der Waals surface area contributed by atoms with Gasteiger partial charge in [0.25, 0.3) is 0 Å². The second-order valence-corrected chi connectivity index (χ2v) is 6.21. The average molecular weight is 225 g/mol. The number of hydrogen-bond acceptors (Lipinski definition) is 3. The molecule has 0 radical (unpaired) electrons. The van der Waals surface area contributed by atoms with Gasteiger partial charge in [0.15, 0.2) is 0 Å². The van der Waals surface area contributed by atoms with Crippen molar-refractivity contribution < 1.29 is 14.3 Å². The highest BCUT2D eigenvalue weighted by molar-refractivity contribution is 5.90. The summed E-state index contributed by atoms with van der Waals surface area (Å²) in [4.78, 5) is 24.9. The van der Waals surface area contributed by atoms with Crippen molar-refractivity contribution >= 4 is 11.9 Å². The van der Waals surface area contributed by atoms with Crippen molar-refractivity contribution in [2.75, 3.05) is 13.1 Å². The highest BCUT2D eigenvalue weighted by atomic mass is 16.6. The molecule has 2 fully saturated rings. The van der Waals surface area contributed by atoms with Crippen LogP contribution in [0.25, 0.3) is 0 Å². The third-order valence-corrected chi connectivity index (χ3v) is 3.41. The molecule has 1 aliphatic heterocycles. The highest BCUT2D eigenvalue weighted by Gasteiger charge is 2.57. The lowest BCUT2D eigenvalue weighted by molar-refractivity contribution is -0.137. The molecule has 4 nitrogen and oxygen atoms in total. The quantitative estimate of drug-likeness (QED) is 0.632. The Morgan fingerprint density at radius 2 is 2.12 bits per heavy atom. The van der Waals surface area contributed by atoms with Gasteiger partial charge in [-0.15, -0.1) is 0 Å². The van der Waals surface area contributed by atoms with Gasteiger partial charge in [-0.2, -0.15) is 0 Å². The van der Waals surface area contributed by atoms with Gasteiger partial charge in [-0.05, 0) is 20.8 Å². The molecule has 2 atom stereocenters. The Kier molecular flexibility index (Phi) is 2.30. The predicted molar refractivity (Wildman–Crippen MR) is 59.0 cm³/mol. The van der Waals surface area contributed by atoms with Crippen LogP contribution in [0.1, 0.15) is 34.1 Å². The van der Waals surface area contributed by atoms with E-state index in [-0.39, 0.29) is 23.2 Å². The predicted octanol–water partition coefficient (Wildman–Crippen LogP) is 1.83. The van der Waals surface area contributed by atoms with Crippen molar-refractivity contribution in [2.45, 2.75) is 39.7 Å². The van der Waals surface area contributed by atoms with E-state index >= 15 is 0 Å². The zero-order valence-corrected chi connectivity index (χ0v) is 10.4. The lowest BCUT2D eigenvalue weighted by atomic mass is 9.63. The van der Waals surface area contributed by atoms with E-state index < -0.39 is 5.60 Å². The minimum absolute atomic E-state index is 0.00792. The van der Waals surface area contributed by atoms with E-state index in [0.29, 0.717) is 19.5 Å². The number of ether oxygens (including phenoxy) is 1. The summed E-state index contributed by atoms with van der Waals surface area (Å²) >= 11 is 0. The molecule has 4 heteroatoms. The number of nitrogens with zero attached hydrogens (tertiary/aromatic N) is 1. The smallest absolute Gasteiger partial charge is 0.410 e. The summed E-state index contributed by atoms with van der Waals surface area (Å²) in [6, 6.07) is 0. The molecular formula is C12H19NO3. The van der Waals surface area contributed by atoms with Crippen molar-refractivity contribution in [2.24, 2.45) is 11.3 Å². The largest absolute Gasteiger partial charge is 0.444 e. The second-order valence-electron chi connectivity index (χ2n) is 6.21. The summed E-state index contributed by atoms with van der Waals surface area (Å²) in [6.45, 7) is 8.80. The fourth-order valence-corrected chi connectivity index (χ4v) is 2.58. The lowest BCUT2D eigenvalue weighted by Crippen LogP contribution is -2.45. The Bertz CT molecular complexity index is 345. The van der Waals surface area contributed by atoms with Crippen LogP contribution in [0.4, 0.5) is 4.79 Å². The lowest BCUT2D eigenvalue weighted by Gasteiger charge is -2.38. The van der Waals surface area contributed by atoms with Gasteiger partial charge in [0, 0.05) is 30.8 Å². The molecule has 0 aromatic heterocycles. The van der Waals surface area contributed by atoms with Gasteiger partial charge in [-0.25, -0.2) is 4.79 Å². The summed E-state index contributed by atoms with van der Waals surface area (Å²) in [5.74, 6) is 0.327. The van der Waals surface area contributed by atoms with E-state index in [1.807, 2.05) is 20.8 Å². The SMILES string of the molecule is CC(C)(C)OC(=O)N1C[C@@H]2C(=O)C[C@]2(C)C1. The second kappa shape index (κ2) is 3.22. The molecule has 0 aromatic carbocycles. The minimum Gasteiger partial charge on any atom is -0.444 e. The van der Waals surface area contributed by atoms with Crippen LogP contribution in [0.5, 0.6) is 0 Å². The Balaban J connectivity index is 1.99. The molecule has 0 bridgehead atoms. The maximum atomic E-state index is 11.8. The maximum Gasteiger partial charge on any atom is 0.410 e. The third kappa shape index (κ3) is 1.81. The van der Waals surface area contributed by atoms with Crippen LogP contribution in [0, 0.1) is 11.3 Å². The summed E-state index contributed by atoms with van der Waals surface area (Å²) in [7, 11) is 0. The van der Waals surface area contributed by atoms with E-state index in [9.17, 15) is 9.59 Å². The average Bonchev–Trinajstić information content (AvgIpc) is 2.34. The maximum absolute atomic E-state index is 11.8. The first-order valence-electron chi connectivity index (χ1n) is 5.72. The molecule has 2 rings (SSSR count). The summed E-state index contributed by atoms with van der Waals surface area (Å²) < 4.78 is 5.30. The van der Waals surface area contributed by atoms with Gasteiger partial charge in [0.2, 0.25) is 0 Å². The molecule has 90 valence electrons. The third-order valence-electron chi connectivity index (χ3n) is 3.41. The van der Waals surface area contributed by atoms with Crippen LogP contribution in [0.15, 0.2) is 0 Å². The van der Waals surface area contributed by atoms with Gasteiger partial charge in [-0.3, -0.25) is 4.79 Å². The zero-order chi connectivity index (χ0) is 12.1. The van der Waals surface area contributed by atoms with Crippen molar-refractivity contribution in [3.05, 3.63) is 0 Å². The molecule has 16 heavy (non-hydrogen) atoms. The number of carbonyl (C=O) groups is 2. The van der Waals surface area contributed by atoms with E-state index in [2.05, 4.69) is 6.92 Å². The van der Waals surface area contributed by atoms with Crippen LogP contribution in [-0.4, -0.2) is 35.5 Å². The monoisotopic (exact) mass is 225 g/mol. The van der Waals surface area contributed by atoms with E-state index in [0.717, 1.165) is 0 Å². The van der Waals surface area contributed by atoms with Crippen LogP contribution in [-0.2, 0) is 9.53 Å². The Morgan fingerprint density at radius 3 is 2.56 bits per heavy atom. The molecule has 1 amide bonds. The van der Waals surface area contributed by atoms with Crippen molar-refractivity contribution in [1.29, 1.82) is 0 Å². The molecule has 1 saturated carbocycles. The topological polar surface area (TPSA) is 46.6 Å². The summed E-state index contributed by atoms with van der Waals surface area (Å²) in [6.07, 6.45) is 0.313. The molecule has 0 unspecified atom stereocenters. The Hall–Kier alpha value is -1.06. The summed E-state index contributed by atoms with van der Waals surface area (Å²) in [5, 5.41) is 0. The van der Waals surface area contributed by atoms with E-state index in [1.165, 1.54) is 0 Å². The molecule has 0 spiro atoms. The first-order valence-corrected chi connectivity index (χ1v) is 5.72. The van der Waals surface area contributed by atoms with E-state index in [4.69, 9.17) is 4.74 Å². The van der Waals surface area contributed by atoms with Crippen LogP contribution in [0.3, 0.4) is 0 Å². The van der Waals surface area contributed by atoms with Crippen LogP contribution >= 0.6 is 0 Å². The number of hydrogen-bond donors (Lipinski definition) is 0. The van der Waals surface area contributed by atoms with Gasteiger partial charge < -0.3 is 9.64 Å². The number of Topliss-reactive ketones (excluding diaryl/α,β-unsaturated/α-hetero) is 1. The van der Waals surface area contributed by atoms with Gasteiger partial charge in [-0.1, -0.05) is 6.92 Å². The Morgan fingerprint density at radius 1 is 1.50 bits per heavy atom. The van der Waals surface area contributed by atoms with E-state index in [1.54, 1.807) is 4.90 Å². The van der Waals surface area contributed by atoms with Crippen LogP contribution in [0.2, 0.25) is 0 Å². The molecule has 2 aliphatic rings. The molecule has 1 saturated heterocycles. The fraction of sp³-hybridized carbons (Fsp3) is 0.833. The molecule has 0 N–H and O–H groups in total. The van der Waals surface area contributed by atoms with Crippen molar-refractivity contribution in [1.82, 2.24) is 4.90 Å². The first kappa shape index (κ1) is 11.4. The Labute approximate surface area is 95.9 Å². The number of amides is 1. The van der Waals surface area contributed by atoms with Crippen LogP contribution < -0.4 is 0 Å². The number of fused-ring (bicyclic) bond motifs is 1. The molecule has 1 heterocycles. The molecular weight excluding hydrogens is 206 g/mol. The minimum atomic E-state index is -0.469. The van der Waals surface area contributed by atoms with Gasteiger partial charge in [0.1, 0.15) is 11.4 Å². The van der Waals surface area contributed by atoms with Gasteiger partial charge in [0.05, 0.1) is 0 Å². The van der Waals surface area contributed by atoms with Gasteiger partial charge >= 0.3 is 6.09 Å². The standard InChI is InChI=1S/C12H19NO3/c1-11(2,3)16-10(15)13-6-8-9(14)5-12(8,4)7-13/h8H,5-7H2,1-4H3/t8-,12-/m1/s1. The molecule has 0 aromatic rings.